The third kappa shape index (κ3) is 4.50. The first kappa shape index (κ1) is 18.2. The van der Waals surface area contributed by atoms with Gasteiger partial charge in [-0.2, -0.15) is 0 Å². The minimum absolute atomic E-state index is 0.0435. The van der Waals surface area contributed by atoms with Gasteiger partial charge in [0, 0.05) is 5.02 Å². The van der Waals surface area contributed by atoms with Gasteiger partial charge in [0.2, 0.25) is 5.91 Å². The first-order valence-electron chi connectivity index (χ1n) is 8.38. The van der Waals surface area contributed by atoms with E-state index in [0.29, 0.717) is 10.6 Å². The monoisotopic (exact) mass is 367 g/mol. The highest BCUT2D eigenvalue weighted by atomic mass is 35.5. The first-order valence-corrected chi connectivity index (χ1v) is 8.75. The average Bonchev–Trinajstić information content (AvgIpc) is 2.64. The van der Waals surface area contributed by atoms with Crippen molar-refractivity contribution in [1.82, 2.24) is 5.32 Å². The molecule has 3 aromatic rings. The maximum Gasteiger partial charge on any atom is 0.225 e. The first-order chi connectivity index (χ1) is 12.5. The maximum absolute atomic E-state index is 14.0. The smallest absolute Gasteiger partial charge is 0.225 e. The van der Waals surface area contributed by atoms with Crippen LogP contribution in [0.25, 0.3) is 0 Å². The van der Waals surface area contributed by atoms with Crippen LogP contribution in [-0.4, -0.2) is 5.91 Å². The molecule has 1 amide bonds. The van der Waals surface area contributed by atoms with Crippen LogP contribution in [0.1, 0.15) is 28.3 Å². The number of amides is 1. The Bertz CT molecular complexity index is 894. The van der Waals surface area contributed by atoms with E-state index in [0.717, 1.165) is 16.7 Å². The molecule has 3 rings (SSSR count). The molecular weight excluding hydrogens is 349 g/mol. The number of nitrogens with one attached hydrogen (secondary N) is 1. The van der Waals surface area contributed by atoms with E-state index in [2.05, 4.69) is 5.32 Å². The van der Waals surface area contributed by atoms with Crippen molar-refractivity contribution in [3.8, 4) is 0 Å². The fourth-order valence-corrected chi connectivity index (χ4v) is 2.97. The Morgan fingerprint density at radius 2 is 1.65 bits per heavy atom. The van der Waals surface area contributed by atoms with Crippen LogP contribution >= 0.6 is 11.6 Å². The predicted octanol–water partition coefficient (Wildman–Crippen LogP) is 5.24. The molecule has 0 saturated heterocycles. The Labute approximate surface area is 157 Å². The molecule has 0 unspecified atom stereocenters. The van der Waals surface area contributed by atoms with Crippen molar-refractivity contribution in [3.63, 3.8) is 0 Å². The second kappa shape index (κ2) is 8.15. The van der Waals surface area contributed by atoms with E-state index in [4.69, 9.17) is 11.6 Å². The Kier molecular flexibility index (Phi) is 5.69. The Balaban J connectivity index is 1.83. The number of benzene rings is 3. The summed E-state index contributed by atoms with van der Waals surface area (Å²) in [6.45, 7) is 2.02. The number of halogens is 2. The lowest BCUT2D eigenvalue weighted by Gasteiger charge is -2.20. The summed E-state index contributed by atoms with van der Waals surface area (Å²) in [6.07, 6.45) is -0.0435. The van der Waals surface area contributed by atoms with Gasteiger partial charge in [0.15, 0.2) is 0 Å². The van der Waals surface area contributed by atoms with Gasteiger partial charge in [-0.3, -0.25) is 4.79 Å². The molecule has 1 N–H and O–H groups in total. The minimum Gasteiger partial charge on any atom is -0.345 e. The highest BCUT2D eigenvalue weighted by Gasteiger charge is 2.18. The summed E-state index contributed by atoms with van der Waals surface area (Å²) < 4.78 is 14.0. The van der Waals surface area contributed by atoms with Crippen molar-refractivity contribution < 1.29 is 9.18 Å². The standard InChI is InChI=1S/C22H19ClFNO/c1-15-7-9-17(10-8-15)22(16-5-3-2-4-6-16)25-21(26)13-18-11-12-19(23)14-20(18)24/h2-12,14,22H,13H2,1H3,(H,25,26)/t22-/m1/s1. The molecule has 0 bridgehead atoms. The normalized spacial score (nSPS) is 11.8. The van der Waals surface area contributed by atoms with E-state index < -0.39 is 5.82 Å². The van der Waals surface area contributed by atoms with E-state index in [-0.39, 0.29) is 18.4 Å². The molecule has 0 aliphatic carbocycles. The van der Waals surface area contributed by atoms with Gasteiger partial charge in [-0.25, -0.2) is 4.39 Å². The molecule has 1 atom stereocenters. The summed E-state index contributed by atoms with van der Waals surface area (Å²) in [5.41, 5.74) is 3.42. The van der Waals surface area contributed by atoms with Crippen LogP contribution in [0.5, 0.6) is 0 Å². The molecule has 0 saturated carbocycles. The molecule has 0 aliphatic rings. The van der Waals surface area contributed by atoms with E-state index >= 15 is 0 Å². The van der Waals surface area contributed by atoms with Crippen molar-refractivity contribution in [2.24, 2.45) is 0 Å². The minimum atomic E-state index is -0.473. The summed E-state index contributed by atoms with van der Waals surface area (Å²) in [6, 6.07) is 21.8. The largest absolute Gasteiger partial charge is 0.345 e. The van der Waals surface area contributed by atoms with Gasteiger partial charge in [-0.05, 0) is 35.7 Å². The average molecular weight is 368 g/mol. The van der Waals surface area contributed by atoms with Gasteiger partial charge in [0.1, 0.15) is 5.82 Å². The third-order valence-electron chi connectivity index (χ3n) is 4.22. The van der Waals surface area contributed by atoms with Gasteiger partial charge in [-0.1, -0.05) is 77.8 Å². The maximum atomic E-state index is 14.0. The fourth-order valence-electron chi connectivity index (χ4n) is 2.81. The molecular formula is C22H19ClFNO. The van der Waals surface area contributed by atoms with E-state index in [1.165, 1.54) is 6.07 Å². The van der Waals surface area contributed by atoms with Crippen LogP contribution in [0, 0.1) is 12.7 Å². The third-order valence-corrected chi connectivity index (χ3v) is 4.45. The number of carbonyl (C=O) groups excluding carboxylic acids is 1. The Morgan fingerprint density at radius 1 is 1.00 bits per heavy atom. The molecule has 4 heteroatoms. The second-order valence-electron chi connectivity index (χ2n) is 6.23. The number of carbonyl (C=O) groups is 1. The molecule has 0 aromatic heterocycles. The summed E-state index contributed by atoms with van der Waals surface area (Å²) in [4.78, 5) is 12.6. The van der Waals surface area contributed by atoms with Crippen molar-refractivity contribution in [2.75, 3.05) is 0 Å². The molecule has 26 heavy (non-hydrogen) atoms. The fraction of sp³-hybridized carbons (Fsp3) is 0.136. The summed E-state index contributed by atoms with van der Waals surface area (Å²) in [5, 5.41) is 3.33. The lowest BCUT2D eigenvalue weighted by Crippen LogP contribution is -2.30. The Morgan fingerprint density at radius 3 is 2.31 bits per heavy atom. The van der Waals surface area contributed by atoms with Crippen LogP contribution in [0.15, 0.2) is 72.8 Å². The molecule has 132 valence electrons. The lowest BCUT2D eigenvalue weighted by atomic mass is 9.97. The predicted molar refractivity (Wildman–Crippen MR) is 103 cm³/mol. The van der Waals surface area contributed by atoms with Gasteiger partial charge < -0.3 is 5.32 Å². The van der Waals surface area contributed by atoms with Gasteiger partial charge in [-0.15, -0.1) is 0 Å². The van der Waals surface area contributed by atoms with Crippen molar-refractivity contribution in [3.05, 3.63) is 106 Å². The van der Waals surface area contributed by atoms with Crippen molar-refractivity contribution in [2.45, 2.75) is 19.4 Å². The second-order valence-corrected chi connectivity index (χ2v) is 6.67. The molecule has 0 heterocycles. The van der Waals surface area contributed by atoms with Gasteiger partial charge in [0.05, 0.1) is 12.5 Å². The zero-order valence-electron chi connectivity index (χ0n) is 14.4. The number of rotatable bonds is 5. The zero-order valence-corrected chi connectivity index (χ0v) is 15.1. The van der Waals surface area contributed by atoms with Gasteiger partial charge >= 0.3 is 0 Å². The van der Waals surface area contributed by atoms with Crippen LogP contribution < -0.4 is 5.32 Å². The number of hydrogen-bond donors (Lipinski definition) is 1. The lowest BCUT2D eigenvalue weighted by molar-refractivity contribution is -0.121. The van der Waals surface area contributed by atoms with Crippen LogP contribution in [-0.2, 0) is 11.2 Å². The van der Waals surface area contributed by atoms with E-state index in [1.807, 2.05) is 61.5 Å². The van der Waals surface area contributed by atoms with Crippen molar-refractivity contribution >= 4 is 17.5 Å². The number of aryl methyl sites for hydroxylation is 1. The van der Waals surface area contributed by atoms with Gasteiger partial charge in [0.25, 0.3) is 0 Å². The highest BCUT2D eigenvalue weighted by molar-refractivity contribution is 6.30. The van der Waals surface area contributed by atoms with E-state index in [1.54, 1.807) is 12.1 Å². The molecule has 0 aliphatic heterocycles. The summed E-state index contributed by atoms with van der Waals surface area (Å²) in [7, 11) is 0. The summed E-state index contributed by atoms with van der Waals surface area (Å²) >= 11 is 5.77. The quantitative estimate of drug-likeness (QED) is 0.656. The Hall–Kier alpha value is -2.65. The molecule has 3 aromatic carbocycles. The zero-order chi connectivity index (χ0) is 18.5. The van der Waals surface area contributed by atoms with E-state index in [9.17, 15) is 9.18 Å². The van der Waals surface area contributed by atoms with Crippen LogP contribution in [0.4, 0.5) is 4.39 Å². The molecule has 0 radical (unpaired) electrons. The van der Waals surface area contributed by atoms with Crippen LogP contribution in [0.2, 0.25) is 5.02 Å². The summed E-state index contributed by atoms with van der Waals surface area (Å²) in [5.74, 6) is -0.722. The topological polar surface area (TPSA) is 29.1 Å². The highest BCUT2D eigenvalue weighted by Crippen LogP contribution is 2.23. The SMILES string of the molecule is Cc1ccc([C@H](NC(=O)Cc2ccc(Cl)cc2F)c2ccccc2)cc1. The number of hydrogen-bond acceptors (Lipinski definition) is 1. The molecule has 0 spiro atoms. The van der Waals surface area contributed by atoms with Crippen molar-refractivity contribution in [1.29, 1.82) is 0 Å². The molecule has 0 fully saturated rings. The van der Waals surface area contributed by atoms with Crippen LogP contribution in [0.3, 0.4) is 0 Å². The molecule has 2 nitrogen and oxygen atoms in total.